The van der Waals surface area contributed by atoms with Crippen molar-refractivity contribution in [1.82, 2.24) is 0 Å². The van der Waals surface area contributed by atoms with Gasteiger partial charge in [0, 0.05) is 17.1 Å². The molecule has 1 aliphatic rings. The third kappa shape index (κ3) is 2.85. The molecule has 3 rings (SSSR count). The van der Waals surface area contributed by atoms with E-state index in [-0.39, 0.29) is 5.91 Å². The summed E-state index contributed by atoms with van der Waals surface area (Å²) < 4.78 is 18.8. The van der Waals surface area contributed by atoms with Crippen LogP contribution < -0.4 is 10.1 Å². The molecule has 0 spiro atoms. The molecule has 5 heteroatoms. The predicted octanol–water partition coefficient (Wildman–Crippen LogP) is 3.73. The number of halogens is 2. The molecule has 1 atom stereocenters. The van der Waals surface area contributed by atoms with Crippen molar-refractivity contribution in [3.63, 3.8) is 0 Å². The molecule has 1 heterocycles. The van der Waals surface area contributed by atoms with Gasteiger partial charge in [-0.1, -0.05) is 17.7 Å². The van der Waals surface area contributed by atoms with Crippen LogP contribution in [0.1, 0.15) is 11.1 Å². The van der Waals surface area contributed by atoms with Crippen LogP contribution in [0.2, 0.25) is 5.02 Å². The molecule has 1 N–H and O–H groups in total. The van der Waals surface area contributed by atoms with Crippen LogP contribution >= 0.6 is 11.6 Å². The maximum atomic E-state index is 13.2. The lowest BCUT2D eigenvalue weighted by Crippen LogP contribution is -2.31. The quantitative estimate of drug-likeness (QED) is 0.918. The smallest absolute Gasteiger partial charge is 0.265 e. The Balaban J connectivity index is 1.74. The molecule has 0 saturated heterocycles. The molecule has 0 aromatic heterocycles. The largest absolute Gasteiger partial charge is 0.480 e. The number of fused-ring (bicyclic) bond motifs is 1. The van der Waals surface area contributed by atoms with Gasteiger partial charge in [0.05, 0.1) is 0 Å². The van der Waals surface area contributed by atoms with E-state index in [1.165, 1.54) is 12.1 Å². The van der Waals surface area contributed by atoms with Gasteiger partial charge in [-0.3, -0.25) is 4.79 Å². The van der Waals surface area contributed by atoms with Crippen molar-refractivity contribution in [3.05, 3.63) is 58.4 Å². The second-order valence-electron chi connectivity index (χ2n) is 5.01. The van der Waals surface area contributed by atoms with Crippen LogP contribution in [0.15, 0.2) is 36.4 Å². The minimum absolute atomic E-state index is 0.295. The standard InChI is InChI=1S/C16H13ClFNO2/c1-9-2-4-12(18)8-13(9)19-16(20)15-7-10-6-11(17)3-5-14(10)21-15/h2-6,8,15H,7H2,1H3,(H,19,20). The van der Waals surface area contributed by atoms with E-state index in [2.05, 4.69) is 5.32 Å². The number of ether oxygens (including phenoxy) is 1. The number of hydrogen-bond donors (Lipinski definition) is 1. The fourth-order valence-corrected chi connectivity index (χ4v) is 2.50. The molecule has 0 saturated carbocycles. The second kappa shape index (κ2) is 5.37. The third-order valence-corrected chi connectivity index (χ3v) is 3.68. The van der Waals surface area contributed by atoms with Crippen LogP contribution in [-0.2, 0) is 11.2 Å². The van der Waals surface area contributed by atoms with E-state index in [4.69, 9.17) is 16.3 Å². The van der Waals surface area contributed by atoms with Gasteiger partial charge in [0.15, 0.2) is 6.10 Å². The highest BCUT2D eigenvalue weighted by Gasteiger charge is 2.29. The summed E-state index contributed by atoms with van der Waals surface area (Å²) in [4.78, 5) is 12.2. The molecule has 0 aliphatic carbocycles. The first kappa shape index (κ1) is 13.9. The van der Waals surface area contributed by atoms with Crippen molar-refractivity contribution >= 4 is 23.2 Å². The van der Waals surface area contributed by atoms with Gasteiger partial charge < -0.3 is 10.1 Å². The highest BCUT2D eigenvalue weighted by atomic mass is 35.5. The number of aryl methyl sites for hydroxylation is 1. The predicted molar refractivity (Wildman–Crippen MR) is 79.3 cm³/mol. The number of hydrogen-bond acceptors (Lipinski definition) is 2. The van der Waals surface area contributed by atoms with Crippen LogP contribution in [-0.4, -0.2) is 12.0 Å². The van der Waals surface area contributed by atoms with Gasteiger partial charge in [0.1, 0.15) is 11.6 Å². The van der Waals surface area contributed by atoms with Gasteiger partial charge in [-0.25, -0.2) is 4.39 Å². The van der Waals surface area contributed by atoms with Crippen LogP contribution in [0.3, 0.4) is 0 Å². The topological polar surface area (TPSA) is 38.3 Å². The van der Waals surface area contributed by atoms with Crippen molar-refractivity contribution < 1.29 is 13.9 Å². The van der Waals surface area contributed by atoms with Gasteiger partial charge in [-0.2, -0.15) is 0 Å². The Morgan fingerprint density at radius 2 is 2.14 bits per heavy atom. The lowest BCUT2D eigenvalue weighted by Gasteiger charge is -2.13. The summed E-state index contributed by atoms with van der Waals surface area (Å²) in [5, 5.41) is 3.32. The average molecular weight is 306 g/mol. The number of carbonyl (C=O) groups is 1. The summed E-state index contributed by atoms with van der Waals surface area (Å²) in [5.74, 6) is -0.0233. The molecule has 1 amide bonds. The third-order valence-electron chi connectivity index (χ3n) is 3.45. The maximum Gasteiger partial charge on any atom is 0.265 e. The van der Waals surface area contributed by atoms with Gasteiger partial charge in [-0.15, -0.1) is 0 Å². The summed E-state index contributed by atoms with van der Waals surface area (Å²) in [5.41, 5.74) is 2.15. The molecule has 2 aromatic rings. The molecule has 0 bridgehead atoms. The van der Waals surface area contributed by atoms with E-state index in [1.807, 2.05) is 0 Å². The lowest BCUT2D eigenvalue weighted by molar-refractivity contribution is -0.122. The van der Waals surface area contributed by atoms with Crippen LogP contribution in [0, 0.1) is 12.7 Å². The normalized spacial score (nSPS) is 16.2. The van der Waals surface area contributed by atoms with E-state index >= 15 is 0 Å². The van der Waals surface area contributed by atoms with E-state index in [9.17, 15) is 9.18 Å². The zero-order chi connectivity index (χ0) is 15.0. The highest BCUT2D eigenvalue weighted by molar-refractivity contribution is 6.30. The zero-order valence-electron chi connectivity index (χ0n) is 11.3. The van der Waals surface area contributed by atoms with Crippen LogP contribution in [0.4, 0.5) is 10.1 Å². The van der Waals surface area contributed by atoms with Crippen molar-refractivity contribution in [2.75, 3.05) is 5.32 Å². The summed E-state index contributed by atoms with van der Waals surface area (Å²) >= 11 is 5.92. The van der Waals surface area contributed by atoms with E-state index in [0.717, 1.165) is 11.1 Å². The van der Waals surface area contributed by atoms with Crippen LogP contribution in [0.5, 0.6) is 5.75 Å². The molecule has 2 aromatic carbocycles. The Bertz CT molecular complexity index is 717. The molecule has 0 fully saturated rings. The van der Waals surface area contributed by atoms with Crippen molar-refractivity contribution in [2.24, 2.45) is 0 Å². The minimum Gasteiger partial charge on any atom is -0.480 e. The number of rotatable bonds is 2. The first-order valence-corrected chi connectivity index (χ1v) is 6.93. The Morgan fingerprint density at radius 1 is 1.33 bits per heavy atom. The summed E-state index contributed by atoms with van der Waals surface area (Å²) in [6.45, 7) is 1.80. The van der Waals surface area contributed by atoms with Gasteiger partial charge in [-0.05, 0) is 48.4 Å². The first-order valence-electron chi connectivity index (χ1n) is 6.55. The molecule has 21 heavy (non-hydrogen) atoms. The van der Waals surface area contributed by atoms with E-state index < -0.39 is 11.9 Å². The Morgan fingerprint density at radius 3 is 2.95 bits per heavy atom. The fraction of sp³-hybridized carbons (Fsp3) is 0.188. The number of amides is 1. The SMILES string of the molecule is Cc1ccc(F)cc1NC(=O)C1Cc2cc(Cl)ccc2O1. The van der Waals surface area contributed by atoms with Crippen molar-refractivity contribution in [3.8, 4) is 5.75 Å². The average Bonchev–Trinajstić information content (AvgIpc) is 2.86. The molecule has 1 aliphatic heterocycles. The molecule has 3 nitrogen and oxygen atoms in total. The Labute approximate surface area is 126 Å². The second-order valence-corrected chi connectivity index (χ2v) is 5.45. The fourth-order valence-electron chi connectivity index (χ4n) is 2.31. The van der Waals surface area contributed by atoms with Gasteiger partial charge in [0.2, 0.25) is 0 Å². The van der Waals surface area contributed by atoms with Crippen molar-refractivity contribution in [1.29, 1.82) is 0 Å². The summed E-state index contributed by atoms with van der Waals surface area (Å²) in [7, 11) is 0. The zero-order valence-corrected chi connectivity index (χ0v) is 12.1. The first-order chi connectivity index (χ1) is 10.0. The summed E-state index contributed by atoms with van der Waals surface area (Å²) in [6, 6.07) is 9.53. The number of benzene rings is 2. The van der Waals surface area contributed by atoms with Gasteiger partial charge in [0.25, 0.3) is 5.91 Å². The number of carbonyl (C=O) groups excluding carboxylic acids is 1. The van der Waals surface area contributed by atoms with E-state index in [0.29, 0.717) is 22.9 Å². The monoisotopic (exact) mass is 305 g/mol. The Hall–Kier alpha value is -2.07. The molecule has 108 valence electrons. The van der Waals surface area contributed by atoms with Crippen molar-refractivity contribution in [2.45, 2.75) is 19.4 Å². The number of anilines is 1. The molecule has 0 radical (unpaired) electrons. The lowest BCUT2D eigenvalue weighted by atomic mass is 10.1. The summed E-state index contributed by atoms with van der Waals surface area (Å²) in [6.07, 6.45) is -0.169. The van der Waals surface area contributed by atoms with E-state index in [1.54, 1.807) is 31.2 Å². The molecular weight excluding hydrogens is 293 g/mol. The van der Waals surface area contributed by atoms with Crippen LogP contribution in [0.25, 0.3) is 0 Å². The number of nitrogens with one attached hydrogen (secondary N) is 1. The molecular formula is C16H13ClFNO2. The highest BCUT2D eigenvalue weighted by Crippen LogP contribution is 2.31. The Kier molecular flexibility index (Phi) is 3.55. The molecule has 1 unspecified atom stereocenters. The minimum atomic E-state index is -0.624. The maximum absolute atomic E-state index is 13.2. The van der Waals surface area contributed by atoms with Gasteiger partial charge >= 0.3 is 0 Å².